The maximum atomic E-state index is 12.1. The Bertz CT molecular complexity index is 730. The molecule has 0 unspecified atom stereocenters. The molecule has 0 saturated carbocycles. The molecule has 2 saturated heterocycles. The van der Waals surface area contributed by atoms with Gasteiger partial charge in [0.2, 0.25) is 5.91 Å². The number of likely N-dealkylation sites (N-methyl/N-ethyl adjacent to an activating group) is 1. The van der Waals surface area contributed by atoms with E-state index >= 15 is 0 Å². The van der Waals surface area contributed by atoms with Crippen LogP contribution < -0.4 is 0 Å². The van der Waals surface area contributed by atoms with Gasteiger partial charge in [-0.15, -0.1) is 0 Å². The molecular formula is C19H24N4O2. The minimum Gasteiger partial charge on any atom is -0.374 e. The first kappa shape index (κ1) is 16.3. The molecule has 6 nitrogen and oxygen atoms in total. The van der Waals surface area contributed by atoms with Gasteiger partial charge in [0.25, 0.3) is 0 Å². The summed E-state index contributed by atoms with van der Waals surface area (Å²) in [6.45, 7) is 3.89. The molecule has 2 atom stereocenters. The average molecular weight is 340 g/mol. The first-order chi connectivity index (χ1) is 12.2. The number of imidazole rings is 1. The fourth-order valence-electron chi connectivity index (χ4n) is 3.79. The number of carbonyl (C=O) groups excluding carboxylic acids is 1. The SMILES string of the molecule is CN1C(=O)CCO[C@H]2CN(Cc3cncn3Cc3ccccc3)C[C@@H]21. The number of nitrogens with zero attached hydrogens (tertiary/aromatic N) is 4. The highest BCUT2D eigenvalue weighted by Gasteiger charge is 2.39. The lowest BCUT2D eigenvalue weighted by molar-refractivity contribution is -0.131. The van der Waals surface area contributed by atoms with Gasteiger partial charge in [-0.05, 0) is 5.56 Å². The van der Waals surface area contributed by atoms with Gasteiger partial charge in [0, 0.05) is 39.4 Å². The Morgan fingerprint density at radius 2 is 2.04 bits per heavy atom. The Morgan fingerprint density at radius 1 is 1.20 bits per heavy atom. The van der Waals surface area contributed by atoms with Crippen molar-refractivity contribution in [1.82, 2.24) is 19.4 Å². The van der Waals surface area contributed by atoms with Crippen molar-refractivity contribution in [2.45, 2.75) is 31.7 Å². The highest BCUT2D eigenvalue weighted by Crippen LogP contribution is 2.23. The topological polar surface area (TPSA) is 50.6 Å². The number of ether oxygens (including phenoxy) is 1. The van der Waals surface area contributed by atoms with Gasteiger partial charge >= 0.3 is 0 Å². The summed E-state index contributed by atoms with van der Waals surface area (Å²) < 4.78 is 8.11. The predicted molar refractivity (Wildman–Crippen MR) is 94.0 cm³/mol. The second-order valence-corrected chi connectivity index (χ2v) is 6.92. The van der Waals surface area contributed by atoms with Crippen LogP contribution in [0.3, 0.4) is 0 Å². The summed E-state index contributed by atoms with van der Waals surface area (Å²) >= 11 is 0. The minimum atomic E-state index is 0.113. The summed E-state index contributed by atoms with van der Waals surface area (Å²) in [4.78, 5) is 20.6. The summed E-state index contributed by atoms with van der Waals surface area (Å²) in [6.07, 6.45) is 4.44. The van der Waals surface area contributed by atoms with E-state index in [0.717, 1.165) is 26.2 Å². The van der Waals surface area contributed by atoms with Crippen LogP contribution in [0, 0.1) is 0 Å². The molecule has 2 fully saturated rings. The second-order valence-electron chi connectivity index (χ2n) is 6.92. The van der Waals surface area contributed by atoms with Gasteiger partial charge in [-0.2, -0.15) is 0 Å². The third-order valence-corrected chi connectivity index (χ3v) is 5.23. The predicted octanol–water partition coefficient (Wildman–Crippen LogP) is 1.36. The van der Waals surface area contributed by atoms with Crippen molar-refractivity contribution in [3.8, 4) is 0 Å². The van der Waals surface area contributed by atoms with Crippen molar-refractivity contribution >= 4 is 5.91 Å². The summed E-state index contributed by atoms with van der Waals surface area (Å²) in [5.74, 6) is 0.184. The minimum absolute atomic E-state index is 0.113. The van der Waals surface area contributed by atoms with Crippen LogP contribution in [0.4, 0.5) is 0 Å². The molecule has 0 aliphatic carbocycles. The van der Waals surface area contributed by atoms with Gasteiger partial charge in [-0.25, -0.2) is 4.98 Å². The zero-order valence-electron chi connectivity index (χ0n) is 14.5. The fraction of sp³-hybridized carbons (Fsp3) is 0.474. The van der Waals surface area contributed by atoms with E-state index in [1.165, 1.54) is 11.3 Å². The Hall–Kier alpha value is -2.18. The number of carbonyl (C=O) groups is 1. The highest BCUT2D eigenvalue weighted by molar-refractivity contribution is 5.76. The molecule has 2 aliphatic heterocycles. The van der Waals surface area contributed by atoms with E-state index < -0.39 is 0 Å². The lowest BCUT2D eigenvalue weighted by atomic mass is 10.2. The van der Waals surface area contributed by atoms with E-state index in [0.29, 0.717) is 13.0 Å². The number of rotatable bonds is 4. The first-order valence-corrected chi connectivity index (χ1v) is 8.83. The molecule has 0 radical (unpaired) electrons. The Labute approximate surface area is 148 Å². The number of hydrogen-bond acceptors (Lipinski definition) is 4. The van der Waals surface area contributed by atoms with Crippen molar-refractivity contribution in [2.24, 2.45) is 0 Å². The molecule has 1 aromatic carbocycles. The molecule has 25 heavy (non-hydrogen) atoms. The van der Waals surface area contributed by atoms with Crippen LogP contribution in [0.2, 0.25) is 0 Å². The van der Waals surface area contributed by atoms with Gasteiger partial charge in [0.05, 0.1) is 37.2 Å². The van der Waals surface area contributed by atoms with Crippen molar-refractivity contribution in [1.29, 1.82) is 0 Å². The number of amides is 1. The Morgan fingerprint density at radius 3 is 2.88 bits per heavy atom. The zero-order chi connectivity index (χ0) is 17.2. The van der Waals surface area contributed by atoms with Gasteiger partial charge < -0.3 is 14.2 Å². The summed E-state index contributed by atoms with van der Waals surface area (Å²) in [7, 11) is 1.90. The molecule has 1 amide bonds. The molecule has 0 spiro atoms. The van der Waals surface area contributed by atoms with E-state index in [9.17, 15) is 4.79 Å². The smallest absolute Gasteiger partial charge is 0.225 e. The van der Waals surface area contributed by atoms with Gasteiger partial charge in [-0.1, -0.05) is 30.3 Å². The third kappa shape index (κ3) is 3.45. The van der Waals surface area contributed by atoms with Crippen molar-refractivity contribution < 1.29 is 9.53 Å². The number of fused-ring (bicyclic) bond motifs is 1. The lowest BCUT2D eigenvalue weighted by Gasteiger charge is -2.25. The van der Waals surface area contributed by atoms with E-state index in [1.807, 2.05) is 30.5 Å². The van der Waals surface area contributed by atoms with Crippen LogP contribution >= 0.6 is 0 Å². The summed E-state index contributed by atoms with van der Waals surface area (Å²) in [5, 5.41) is 0. The quantitative estimate of drug-likeness (QED) is 0.843. The van der Waals surface area contributed by atoms with Crippen molar-refractivity contribution in [3.05, 3.63) is 54.1 Å². The van der Waals surface area contributed by atoms with Crippen LogP contribution in [0.5, 0.6) is 0 Å². The van der Waals surface area contributed by atoms with Crippen LogP contribution in [0.1, 0.15) is 17.7 Å². The molecule has 6 heteroatoms. The summed E-state index contributed by atoms with van der Waals surface area (Å²) in [5.41, 5.74) is 2.45. The molecule has 3 heterocycles. The highest BCUT2D eigenvalue weighted by atomic mass is 16.5. The first-order valence-electron chi connectivity index (χ1n) is 8.83. The zero-order valence-corrected chi connectivity index (χ0v) is 14.5. The van der Waals surface area contributed by atoms with E-state index in [4.69, 9.17) is 4.74 Å². The van der Waals surface area contributed by atoms with Crippen molar-refractivity contribution in [3.63, 3.8) is 0 Å². The monoisotopic (exact) mass is 340 g/mol. The van der Waals surface area contributed by atoms with Crippen LogP contribution in [0.15, 0.2) is 42.9 Å². The lowest BCUT2D eigenvalue weighted by Crippen LogP contribution is -2.42. The molecule has 2 aromatic rings. The van der Waals surface area contributed by atoms with Crippen LogP contribution in [-0.4, -0.2) is 64.1 Å². The second kappa shape index (κ2) is 6.98. The largest absolute Gasteiger partial charge is 0.374 e. The van der Waals surface area contributed by atoms with E-state index in [1.54, 1.807) is 0 Å². The Balaban J connectivity index is 1.44. The van der Waals surface area contributed by atoms with Gasteiger partial charge in [-0.3, -0.25) is 9.69 Å². The molecule has 132 valence electrons. The molecule has 0 bridgehead atoms. The van der Waals surface area contributed by atoms with Gasteiger partial charge in [0.1, 0.15) is 0 Å². The van der Waals surface area contributed by atoms with E-state index in [-0.39, 0.29) is 18.1 Å². The average Bonchev–Trinajstić information content (AvgIpc) is 3.19. The fourth-order valence-corrected chi connectivity index (χ4v) is 3.79. The third-order valence-electron chi connectivity index (χ3n) is 5.23. The summed E-state index contributed by atoms with van der Waals surface area (Å²) in [6, 6.07) is 10.6. The number of benzene rings is 1. The molecule has 0 N–H and O–H groups in total. The van der Waals surface area contributed by atoms with Crippen LogP contribution in [0.25, 0.3) is 0 Å². The normalized spacial score (nSPS) is 24.4. The number of likely N-dealkylation sites (tertiary alicyclic amines) is 1. The maximum Gasteiger partial charge on any atom is 0.225 e. The molecule has 2 aliphatic rings. The molecule has 4 rings (SSSR count). The van der Waals surface area contributed by atoms with Crippen molar-refractivity contribution in [2.75, 3.05) is 26.7 Å². The molecule has 1 aromatic heterocycles. The van der Waals surface area contributed by atoms with Crippen LogP contribution in [-0.2, 0) is 22.6 Å². The maximum absolute atomic E-state index is 12.1. The van der Waals surface area contributed by atoms with Gasteiger partial charge in [0.15, 0.2) is 0 Å². The molecular weight excluding hydrogens is 316 g/mol. The number of aromatic nitrogens is 2. The number of hydrogen-bond donors (Lipinski definition) is 0. The van der Waals surface area contributed by atoms with E-state index in [2.05, 4.69) is 38.7 Å². The standard InChI is InChI=1S/C19H24N4O2/c1-21-17-12-22(13-18(17)25-8-7-19(21)24)11-16-9-20-14-23(16)10-15-5-3-2-4-6-15/h2-6,9,14,17-18H,7-8,10-13H2,1H3/t17-,18-/m0/s1. The Kier molecular flexibility index (Phi) is 4.55.